The number of phenols is 1. The number of aliphatic hydroxyl groups excluding tert-OH is 1. The molecule has 0 radical (unpaired) electrons. The zero-order valence-electron chi connectivity index (χ0n) is 20.1. The van der Waals surface area contributed by atoms with E-state index in [0.717, 1.165) is 0 Å². The van der Waals surface area contributed by atoms with Gasteiger partial charge in [0.1, 0.15) is 23.9 Å². The standard InChI is InChI=1S/C23H34N4O9/c1-3-12(2)19(27-20(32)15(24)10-13-4-6-14(29)7-5-13)22(34)25-16(8-9-18(30)31)21(33)26-17(11-28)23(35)36/h4-7,12,15-17,19,28-29H,3,8-11,24H2,1-2H3,(H,25,34)(H,26,33)(H,27,32)(H,30,31)(H,35,36). The lowest BCUT2D eigenvalue weighted by atomic mass is 9.96. The minimum absolute atomic E-state index is 0.0560. The fourth-order valence-corrected chi connectivity index (χ4v) is 3.20. The second-order valence-corrected chi connectivity index (χ2v) is 8.42. The lowest BCUT2D eigenvalue weighted by Crippen LogP contribution is -2.59. The average molecular weight is 511 g/mol. The number of nitrogens with one attached hydrogen (secondary N) is 3. The molecule has 0 saturated heterocycles. The molecule has 0 fully saturated rings. The van der Waals surface area contributed by atoms with Gasteiger partial charge in [0, 0.05) is 6.42 Å². The number of nitrogens with two attached hydrogens (primary N) is 1. The van der Waals surface area contributed by atoms with Gasteiger partial charge < -0.3 is 42.1 Å². The van der Waals surface area contributed by atoms with Crippen molar-refractivity contribution >= 4 is 29.7 Å². The number of carboxylic acids is 2. The van der Waals surface area contributed by atoms with Crippen LogP contribution in [0.3, 0.4) is 0 Å². The summed E-state index contributed by atoms with van der Waals surface area (Å²) in [7, 11) is 0. The van der Waals surface area contributed by atoms with Crippen LogP contribution in [0.25, 0.3) is 0 Å². The van der Waals surface area contributed by atoms with Gasteiger partial charge in [-0.1, -0.05) is 32.4 Å². The Labute approximate surface area is 208 Å². The minimum atomic E-state index is -1.65. The Balaban J connectivity index is 2.98. The highest BCUT2D eigenvalue weighted by molar-refractivity contribution is 5.94. The summed E-state index contributed by atoms with van der Waals surface area (Å²) < 4.78 is 0. The number of aliphatic hydroxyl groups is 1. The van der Waals surface area contributed by atoms with Crippen molar-refractivity contribution < 1.29 is 44.4 Å². The van der Waals surface area contributed by atoms with Gasteiger partial charge in [-0.25, -0.2) is 4.79 Å². The molecule has 5 atom stereocenters. The summed E-state index contributed by atoms with van der Waals surface area (Å²) in [5.74, 6) is -5.52. The van der Waals surface area contributed by atoms with E-state index in [1.807, 2.05) is 5.32 Å². The Morgan fingerprint density at radius 1 is 0.917 bits per heavy atom. The fraction of sp³-hybridized carbons (Fsp3) is 0.522. The molecule has 13 nitrogen and oxygen atoms in total. The zero-order chi connectivity index (χ0) is 27.4. The van der Waals surface area contributed by atoms with Crippen LogP contribution in [0.2, 0.25) is 0 Å². The van der Waals surface area contributed by atoms with Crippen LogP contribution in [0.4, 0.5) is 0 Å². The summed E-state index contributed by atoms with van der Waals surface area (Å²) in [6.45, 7) is 2.56. The van der Waals surface area contributed by atoms with Gasteiger partial charge in [-0.05, 0) is 36.5 Å². The largest absolute Gasteiger partial charge is 0.508 e. The molecule has 0 heterocycles. The molecule has 13 heteroatoms. The van der Waals surface area contributed by atoms with E-state index in [1.165, 1.54) is 12.1 Å². The van der Waals surface area contributed by atoms with E-state index in [2.05, 4.69) is 10.6 Å². The summed E-state index contributed by atoms with van der Waals surface area (Å²) in [5.41, 5.74) is 6.67. The van der Waals surface area contributed by atoms with Crippen LogP contribution in [0, 0.1) is 5.92 Å². The van der Waals surface area contributed by atoms with Gasteiger partial charge in [0.05, 0.1) is 12.6 Å². The fourth-order valence-electron chi connectivity index (χ4n) is 3.20. The molecule has 5 unspecified atom stereocenters. The zero-order valence-corrected chi connectivity index (χ0v) is 20.1. The number of benzene rings is 1. The molecule has 1 aromatic carbocycles. The van der Waals surface area contributed by atoms with Crippen molar-refractivity contribution in [3.05, 3.63) is 29.8 Å². The third kappa shape index (κ3) is 9.88. The molecule has 0 aliphatic rings. The molecular weight excluding hydrogens is 476 g/mol. The first kappa shape index (κ1) is 30.3. The van der Waals surface area contributed by atoms with E-state index in [4.69, 9.17) is 21.1 Å². The molecule has 3 amide bonds. The van der Waals surface area contributed by atoms with Gasteiger partial charge in [0.2, 0.25) is 17.7 Å². The summed E-state index contributed by atoms with van der Waals surface area (Å²) in [4.78, 5) is 60.5. The van der Waals surface area contributed by atoms with Crippen LogP contribution in [0.15, 0.2) is 24.3 Å². The van der Waals surface area contributed by atoms with Gasteiger partial charge in [-0.3, -0.25) is 19.2 Å². The van der Waals surface area contributed by atoms with Gasteiger partial charge in [-0.15, -0.1) is 0 Å². The number of amides is 3. The Bertz CT molecular complexity index is 923. The molecule has 0 aliphatic heterocycles. The molecule has 1 rings (SSSR count). The van der Waals surface area contributed by atoms with Crippen molar-refractivity contribution in [2.24, 2.45) is 11.7 Å². The number of phenolic OH excluding ortho intramolecular Hbond substituents is 1. The van der Waals surface area contributed by atoms with Gasteiger partial charge in [-0.2, -0.15) is 0 Å². The second-order valence-electron chi connectivity index (χ2n) is 8.42. The number of rotatable bonds is 15. The predicted molar refractivity (Wildman–Crippen MR) is 127 cm³/mol. The number of aromatic hydroxyl groups is 1. The van der Waals surface area contributed by atoms with Gasteiger partial charge in [0.25, 0.3) is 0 Å². The third-order valence-corrected chi connectivity index (χ3v) is 5.60. The summed E-state index contributed by atoms with van der Waals surface area (Å²) in [6, 6.07) is 0.864. The topological polar surface area (TPSA) is 228 Å². The molecule has 1 aromatic rings. The van der Waals surface area contributed by atoms with Crippen LogP contribution >= 0.6 is 0 Å². The van der Waals surface area contributed by atoms with Gasteiger partial charge >= 0.3 is 11.9 Å². The third-order valence-electron chi connectivity index (χ3n) is 5.60. The lowest BCUT2D eigenvalue weighted by molar-refractivity contribution is -0.144. The molecule has 200 valence electrons. The smallest absolute Gasteiger partial charge is 0.328 e. The Morgan fingerprint density at radius 2 is 1.50 bits per heavy atom. The summed E-state index contributed by atoms with van der Waals surface area (Å²) in [5, 5.41) is 43.5. The number of hydrogen-bond donors (Lipinski definition) is 8. The van der Waals surface area contributed by atoms with Crippen LogP contribution in [0.1, 0.15) is 38.7 Å². The van der Waals surface area contributed by atoms with E-state index in [-0.39, 0.29) is 18.6 Å². The van der Waals surface area contributed by atoms with Crippen LogP contribution < -0.4 is 21.7 Å². The number of carbonyl (C=O) groups is 5. The average Bonchev–Trinajstić information content (AvgIpc) is 2.83. The Hall–Kier alpha value is -3.71. The highest BCUT2D eigenvalue weighted by Gasteiger charge is 2.32. The molecule has 36 heavy (non-hydrogen) atoms. The highest BCUT2D eigenvalue weighted by Crippen LogP contribution is 2.13. The van der Waals surface area contributed by atoms with E-state index in [9.17, 15) is 29.1 Å². The number of hydrogen-bond acceptors (Lipinski definition) is 8. The van der Waals surface area contributed by atoms with E-state index >= 15 is 0 Å². The summed E-state index contributed by atoms with van der Waals surface area (Å²) in [6.07, 6.45) is -0.273. The second kappa shape index (κ2) is 14.6. The summed E-state index contributed by atoms with van der Waals surface area (Å²) >= 11 is 0. The maximum Gasteiger partial charge on any atom is 0.328 e. The Kier molecular flexibility index (Phi) is 12.3. The van der Waals surface area contributed by atoms with Crippen molar-refractivity contribution in [2.45, 2.75) is 63.7 Å². The van der Waals surface area contributed by atoms with E-state index in [1.54, 1.807) is 26.0 Å². The predicted octanol–water partition coefficient (Wildman–Crippen LogP) is -1.30. The van der Waals surface area contributed by atoms with Crippen molar-refractivity contribution in [2.75, 3.05) is 6.61 Å². The van der Waals surface area contributed by atoms with Crippen molar-refractivity contribution in [3.63, 3.8) is 0 Å². The molecule has 0 saturated carbocycles. The first-order chi connectivity index (χ1) is 16.9. The van der Waals surface area contributed by atoms with E-state index in [0.29, 0.717) is 12.0 Å². The van der Waals surface area contributed by atoms with Crippen LogP contribution in [-0.2, 0) is 30.4 Å². The normalized spacial score (nSPS) is 15.0. The molecule has 0 aromatic heterocycles. The van der Waals surface area contributed by atoms with Crippen LogP contribution in [-0.4, -0.2) is 80.9 Å². The highest BCUT2D eigenvalue weighted by atomic mass is 16.4. The van der Waals surface area contributed by atoms with Crippen molar-refractivity contribution in [1.82, 2.24) is 16.0 Å². The monoisotopic (exact) mass is 510 g/mol. The molecule has 0 bridgehead atoms. The Morgan fingerprint density at radius 3 is 2.00 bits per heavy atom. The molecule has 9 N–H and O–H groups in total. The number of carboxylic acid groups (broad SMARTS) is 2. The first-order valence-corrected chi connectivity index (χ1v) is 11.4. The van der Waals surface area contributed by atoms with E-state index < -0.39 is 72.8 Å². The lowest BCUT2D eigenvalue weighted by Gasteiger charge is -2.27. The molecule has 0 spiro atoms. The van der Waals surface area contributed by atoms with Crippen molar-refractivity contribution in [1.29, 1.82) is 0 Å². The maximum absolute atomic E-state index is 13.1. The minimum Gasteiger partial charge on any atom is -0.508 e. The first-order valence-electron chi connectivity index (χ1n) is 11.4. The molecule has 0 aliphatic carbocycles. The van der Waals surface area contributed by atoms with Gasteiger partial charge in [0.15, 0.2) is 0 Å². The maximum atomic E-state index is 13.1. The number of aliphatic carboxylic acids is 2. The molecular formula is C23H34N4O9. The van der Waals surface area contributed by atoms with Crippen molar-refractivity contribution in [3.8, 4) is 5.75 Å². The SMILES string of the molecule is CCC(C)C(NC(=O)C(N)Cc1ccc(O)cc1)C(=O)NC(CCC(=O)O)C(=O)NC(CO)C(=O)O. The van der Waals surface area contributed by atoms with Crippen LogP contribution in [0.5, 0.6) is 5.75 Å². The number of carbonyl (C=O) groups excluding carboxylic acids is 3. The quantitative estimate of drug-likeness (QED) is 0.139.